The van der Waals surface area contributed by atoms with Crippen LogP contribution in [0.15, 0.2) is 28.5 Å². The lowest BCUT2D eigenvalue weighted by Gasteiger charge is -2.20. The fourth-order valence-electron chi connectivity index (χ4n) is 2.34. The lowest BCUT2D eigenvalue weighted by Crippen LogP contribution is -2.15. The number of thiophene rings is 1. The van der Waals surface area contributed by atoms with Gasteiger partial charge in [0.1, 0.15) is 9.96 Å². The van der Waals surface area contributed by atoms with E-state index >= 15 is 0 Å². The van der Waals surface area contributed by atoms with Gasteiger partial charge in [0.25, 0.3) is 10.0 Å². The monoisotopic (exact) mass is 323 g/mol. The van der Waals surface area contributed by atoms with Crippen molar-refractivity contribution in [1.29, 1.82) is 0 Å². The van der Waals surface area contributed by atoms with Gasteiger partial charge in [-0.05, 0) is 49.9 Å². The summed E-state index contributed by atoms with van der Waals surface area (Å²) in [6.07, 6.45) is 1.88. The highest BCUT2D eigenvalue weighted by Gasteiger charge is 2.22. The van der Waals surface area contributed by atoms with Crippen LogP contribution in [0, 0.1) is 13.8 Å². The van der Waals surface area contributed by atoms with Crippen LogP contribution in [-0.4, -0.2) is 15.0 Å². The molecule has 1 aromatic carbocycles. The maximum Gasteiger partial charge on any atom is 0.271 e. The van der Waals surface area contributed by atoms with Crippen LogP contribution in [0.2, 0.25) is 0 Å². The summed E-state index contributed by atoms with van der Waals surface area (Å²) in [7, 11) is -3.56. The fraction of sp³-hybridized carbons (Fsp3) is 0.333. The third-order valence-corrected chi connectivity index (χ3v) is 6.58. The summed E-state index contributed by atoms with van der Waals surface area (Å²) >= 11 is 1.29. The van der Waals surface area contributed by atoms with E-state index in [0.717, 1.165) is 28.8 Å². The first-order chi connectivity index (χ1) is 9.97. The number of anilines is 1. The van der Waals surface area contributed by atoms with Crippen molar-refractivity contribution >= 4 is 27.0 Å². The highest BCUT2D eigenvalue weighted by molar-refractivity contribution is 7.94. The van der Waals surface area contributed by atoms with Crippen LogP contribution in [0.4, 0.5) is 5.69 Å². The zero-order valence-electron chi connectivity index (χ0n) is 12.0. The van der Waals surface area contributed by atoms with Gasteiger partial charge in [-0.2, -0.15) is 0 Å². The summed E-state index contributed by atoms with van der Waals surface area (Å²) in [6.45, 7) is 4.47. The van der Waals surface area contributed by atoms with Gasteiger partial charge in [-0.3, -0.25) is 4.72 Å². The Balaban J connectivity index is 1.96. The molecule has 2 aromatic rings. The van der Waals surface area contributed by atoms with Crippen LogP contribution in [0.5, 0.6) is 5.75 Å². The largest absolute Gasteiger partial charge is 0.491 e. The zero-order chi connectivity index (χ0) is 15.0. The Kier molecular flexibility index (Phi) is 3.67. The highest BCUT2D eigenvalue weighted by atomic mass is 32.2. The number of ether oxygens (including phenoxy) is 1. The fourth-order valence-corrected chi connectivity index (χ4v) is 4.92. The third kappa shape index (κ3) is 2.78. The number of fused-ring (bicyclic) bond motifs is 1. The predicted molar refractivity (Wildman–Crippen MR) is 84.9 cm³/mol. The Morgan fingerprint density at radius 3 is 2.81 bits per heavy atom. The second kappa shape index (κ2) is 5.35. The molecule has 0 spiro atoms. The van der Waals surface area contributed by atoms with E-state index in [2.05, 4.69) is 4.72 Å². The summed E-state index contributed by atoms with van der Waals surface area (Å²) in [6, 6.07) is 7.29. The van der Waals surface area contributed by atoms with Crippen molar-refractivity contribution in [3.8, 4) is 5.75 Å². The maximum atomic E-state index is 12.5. The maximum absolute atomic E-state index is 12.5. The van der Waals surface area contributed by atoms with E-state index in [1.165, 1.54) is 11.3 Å². The Labute approximate surface area is 128 Å². The molecule has 4 nitrogen and oxygen atoms in total. The molecule has 0 amide bonds. The van der Waals surface area contributed by atoms with Crippen molar-refractivity contribution in [2.75, 3.05) is 11.3 Å². The van der Waals surface area contributed by atoms with E-state index in [1.54, 1.807) is 12.1 Å². The second-order valence-electron chi connectivity index (χ2n) is 5.16. The first-order valence-corrected chi connectivity index (χ1v) is 9.12. The van der Waals surface area contributed by atoms with Crippen molar-refractivity contribution < 1.29 is 13.2 Å². The molecular weight excluding hydrogens is 306 g/mol. The molecule has 1 N–H and O–H groups in total. The first-order valence-electron chi connectivity index (χ1n) is 6.82. The molecule has 3 rings (SSSR count). The molecule has 1 aliphatic heterocycles. The lowest BCUT2D eigenvalue weighted by molar-refractivity contribution is 0.290. The van der Waals surface area contributed by atoms with Gasteiger partial charge < -0.3 is 4.74 Å². The van der Waals surface area contributed by atoms with Crippen LogP contribution in [0.1, 0.15) is 22.4 Å². The highest BCUT2D eigenvalue weighted by Crippen LogP contribution is 2.35. The van der Waals surface area contributed by atoms with E-state index < -0.39 is 10.0 Å². The Hall–Kier alpha value is -1.53. The van der Waals surface area contributed by atoms with E-state index in [9.17, 15) is 8.42 Å². The van der Waals surface area contributed by atoms with Crippen LogP contribution in [0.3, 0.4) is 0 Å². The second-order valence-corrected chi connectivity index (χ2v) is 8.32. The molecule has 21 heavy (non-hydrogen) atoms. The number of hydrogen-bond acceptors (Lipinski definition) is 4. The van der Waals surface area contributed by atoms with Gasteiger partial charge in [-0.15, -0.1) is 11.3 Å². The number of benzene rings is 1. The average molecular weight is 323 g/mol. The molecule has 1 aromatic heterocycles. The average Bonchev–Trinajstić information content (AvgIpc) is 2.80. The summed E-state index contributed by atoms with van der Waals surface area (Å²) in [4.78, 5) is 1.02. The van der Waals surface area contributed by atoms with Crippen molar-refractivity contribution in [2.45, 2.75) is 30.9 Å². The molecule has 0 saturated heterocycles. The molecule has 0 unspecified atom stereocenters. The molecule has 6 heteroatoms. The Morgan fingerprint density at radius 2 is 2.10 bits per heavy atom. The van der Waals surface area contributed by atoms with Crippen molar-refractivity contribution in [1.82, 2.24) is 0 Å². The molecule has 0 saturated carbocycles. The van der Waals surface area contributed by atoms with Gasteiger partial charge in [0, 0.05) is 4.88 Å². The van der Waals surface area contributed by atoms with E-state index in [-0.39, 0.29) is 0 Å². The number of sulfonamides is 1. The van der Waals surface area contributed by atoms with Crippen molar-refractivity contribution in [2.24, 2.45) is 0 Å². The Bertz CT molecular complexity index is 759. The molecule has 0 aliphatic carbocycles. The molecule has 1 aliphatic rings. The summed E-state index contributed by atoms with van der Waals surface area (Å²) in [5.41, 5.74) is 2.57. The first kappa shape index (κ1) is 14.4. The number of para-hydroxylation sites is 1. The van der Waals surface area contributed by atoms with Crippen LogP contribution in [0.25, 0.3) is 0 Å². The van der Waals surface area contributed by atoms with Crippen molar-refractivity contribution in [3.05, 3.63) is 40.3 Å². The van der Waals surface area contributed by atoms with Gasteiger partial charge in [-0.1, -0.05) is 12.1 Å². The standard InChI is InChI=1S/C15H17NO3S2/c1-10-9-14(20-11(10)2)21(17,18)16-13-7-3-5-12-6-4-8-19-15(12)13/h3,5,7,9,16H,4,6,8H2,1-2H3. The molecule has 112 valence electrons. The molecule has 0 fully saturated rings. The number of rotatable bonds is 3. The van der Waals surface area contributed by atoms with E-state index in [4.69, 9.17) is 4.74 Å². The van der Waals surface area contributed by atoms with Gasteiger partial charge in [-0.25, -0.2) is 8.42 Å². The minimum absolute atomic E-state index is 0.339. The number of aryl methyl sites for hydroxylation is 3. The smallest absolute Gasteiger partial charge is 0.271 e. The van der Waals surface area contributed by atoms with Crippen LogP contribution in [-0.2, 0) is 16.4 Å². The SMILES string of the molecule is Cc1cc(S(=O)(=O)Nc2cccc3c2OCCC3)sc1C. The lowest BCUT2D eigenvalue weighted by atomic mass is 10.1. The van der Waals surface area contributed by atoms with Crippen LogP contribution < -0.4 is 9.46 Å². The number of hydrogen-bond donors (Lipinski definition) is 1. The topological polar surface area (TPSA) is 55.4 Å². The minimum Gasteiger partial charge on any atom is -0.491 e. The third-order valence-electron chi connectivity index (χ3n) is 3.59. The van der Waals surface area contributed by atoms with Gasteiger partial charge in [0.15, 0.2) is 0 Å². The quantitative estimate of drug-likeness (QED) is 0.940. The summed E-state index contributed by atoms with van der Waals surface area (Å²) < 4.78 is 33.6. The number of nitrogens with one attached hydrogen (secondary N) is 1. The van der Waals surface area contributed by atoms with Gasteiger partial charge in [0.05, 0.1) is 12.3 Å². The molecule has 2 heterocycles. The molecule has 0 bridgehead atoms. The minimum atomic E-state index is -3.56. The predicted octanol–water partition coefficient (Wildman–Crippen LogP) is 3.49. The summed E-state index contributed by atoms with van der Waals surface area (Å²) in [5, 5.41) is 0. The summed E-state index contributed by atoms with van der Waals surface area (Å²) in [5.74, 6) is 0.664. The van der Waals surface area contributed by atoms with Crippen molar-refractivity contribution in [3.63, 3.8) is 0 Å². The Morgan fingerprint density at radius 1 is 1.29 bits per heavy atom. The van der Waals surface area contributed by atoms with Crippen LogP contribution >= 0.6 is 11.3 Å². The molecule has 0 radical (unpaired) electrons. The van der Waals surface area contributed by atoms with E-state index in [0.29, 0.717) is 22.3 Å². The normalized spacial score (nSPS) is 14.4. The molecular formula is C15H17NO3S2. The van der Waals surface area contributed by atoms with Gasteiger partial charge in [0.2, 0.25) is 0 Å². The van der Waals surface area contributed by atoms with Gasteiger partial charge >= 0.3 is 0 Å². The van der Waals surface area contributed by atoms with E-state index in [1.807, 2.05) is 26.0 Å². The molecule has 0 atom stereocenters. The zero-order valence-corrected chi connectivity index (χ0v) is 13.6.